The molecule has 0 heterocycles. The SMILES string of the molecule is COc1ccc(N(CC(=O)N[C@@H](CC(C)C)c2ccccc2)S(=O)(=O)c2ccccc2)cc1Cl. The van der Waals surface area contributed by atoms with Crippen LogP contribution >= 0.6 is 11.6 Å². The van der Waals surface area contributed by atoms with E-state index >= 15 is 0 Å². The molecule has 0 saturated carbocycles. The molecule has 0 fully saturated rings. The molecular formula is C26H29ClN2O4S. The van der Waals surface area contributed by atoms with E-state index in [1.54, 1.807) is 30.3 Å². The number of methoxy groups -OCH3 is 1. The molecule has 0 unspecified atom stereocenters. The molecule has 1 atom stereocenters. The summed E-state index contributed by atoms with van der Waals surface area (Å²) < 4.78 is 33.3. The van der Waals surface area contributed by atoms with Crippen molar-refractivity contribution >= 4 is 33.2 Å². The number of hydrogen-bond donors (Lipinski definition) is 1. The van der Waals surface area contributed by atoms with Crippen molar-refractivity contribution in [3.63, 3.8) is 0 Å². The maximum absolute atomic E-state index is 13.5. The average Bonchev–Trinajstić information content (AvgIpc) is 2.83. The number of nitrogens with zero attached hydrogens (tertiary/aromatic N) is 1. The van der Waals surface area contributed by atoms with Crippen molar-refractivity contribution in [2.75, 3.05) is 18.0 Å². The zero-order chi connectivity index (χ0) is 24.7. The molecule has 0 aromatic heterocycles. The number of sulfonamides is 1. The van der Waals surface area contributed by atoms with Gasteiger partial charge in [0.05, 0.1) is 28.8 Å². The molecule has 0 saturated heterocycles. The summed E-state index contributed by atoms with van der Waals surface area (Å²) >= 11 is 6.28. The number of nitrogens with one attached hydrogen (secondary N) is 1. The third-order valence-corrected chi connectivity index (χ3v) is 7.37. The second kappa shape index (κ2) is 11.4. The van der Waals surface area contributed by atoms with Crippen molar-refractivity contribution in [1.82, 2.24) is 5.32 Å². The van der Waals surface area contributed by atoms with Gasteiger partial charge >= 0.3 is 0 Å². The molecule has 6 nitrogen and oxygen atoms in total. The first kappa shape index (κ1) is 25.6. The second-order valence-corrected chi connectivity index (χ2v) is 10.6. The van der Waals surface area contributed by atoms with E-state index in [2.05, 4.69) is 19.2 Å². The summed E-state index contributed by atoms with van der Waals surface area (Å²) in [4.78, 5) is 13.3. The first-order chi connectivity index (χ1) is 16.2. The lowest BCUT2D eigenvalue weighted by molar-refractivity contribution is -0.120. The summed E-state index contributed by atoms with van der Waals surface area (Å²) in [6.07, 6.45) is 0.718. The molecule has 8 heteroatoms. The zero-order valence-electron chi connectivity index (χ0n) is 19.4. The topological polar surface area (TPSA) is 75.7 Å². The molecule has 3 aromatic rings. The van der Waals surface area contributed by atoms with Crippen LogP contribution in [0.4, 0.5) is 5.69 Å². The number of ether oxygens (including phenoxy) is 1. The molecule has 1 N–H and O–H groups in total. The zero-order valence-corrected chi connectivity index (χ0v) is 21.0. The summed E-state index contributed by atoms with van der Waals surface area (Å²) in [6.45, 7) is 3.75. The van der Waals surface area contributed by atoms with E-state index in [4.69, 9.17) is 16.3 Å². The van der Waals surface area contributed by atoms with Crippen LogP contribution in [0.3, 0.4) is 0 Å². The van der Waals surface area contributed by atoms with Crippen LogP contribution in [0.1, 0.15) is 31.9 Å². The molecule has 180 valence electrons. The Balaban J connectivity index is 1.95. The van der Waals surface area contributed by atoms with E-state index in [9.17, 15) is 13.2 Å². The van der Waals surface area contributed by atoms with Gasteiger partial charge in [0.1, 0.15) is 12.3 Å². The number of carbonyl (C=O) groups is 1. The molecule has 0 aliphatic carbocycles. The third kappa shape index (κ3) is 6.30. The normalized spacial score (nSPS) is 12.3. The Bertz CT molecular complexity index is 1200. The van der Waals surface area contributed by atoms with Crippen molar-refractivity contribution in [3.8, 4) is 5.75 Å². The number of halogens is 1. The lowest BCUT2D eigenvalue weighted by Crippen LogP contribution is -2.42. The summed E-state index contributed by atoms with van der Waals surface area (Å²) in [5.74, 6) is 0.323. The van der Waals surface area contributed by atoms with Crippen LogP contribution in [0, 0.1) is 5.92 Å². The van der Waals surface area contributed by atoms with Gasteiger partial charge in [-0.3, -0.25) is 9.10 Å². The second-order valence-electron chi connectivity index (χ2n) is 8.30. The highest BCUT2D eigenvalue weighted by atomic mass is 35.5. The van der Waals surface area contributed by atoms with Crippen LogP contribution in [0.5, 0.6) is 5.75 Å². The van der Waals surface area contributed by atoms with E-state index in [1.807, 2.05) is 30.3 Å². The van der Waals surface area contributed by atoms with Gasteiger partial charge in [-0.15, -0.1) is 0 Å². The van der Waals surface area contributed by atoms with E-state index in [1.165, 1.54) is 25.3 Å². The van der Waals surface area contributed by atoms with Crippen molar-refractivity contribution in [2.45, 2.75) is 31.2 Å². The molecule has 0 bridgehead atoms. The molecule has 3 aromatic carbocycles. The number of rotatable bonds is 10. The predicted molar refractivity (Wildman–Crippen MR) is 136 cm³/mol. The number of anilines is 1. The highest BCUT2D eigenvalue weighted by Crippen LogP contribution is 2.32. The number of benzene rings is 3. The van der Waals surface area contributed by atoms with Crippen molar-refractivity contribution in [3.05, 3.63) is 89.4 Å². The summed E-state index contributed by atoms with van der Waals surface area (Å²) in [7, 11) is -2.56. The quantitative estimate of drug-likeness (QED) is 0.401. The average molecular weight is 501 g/mol. The molecule has 0 aliphatic rings. The molecule has 0 radical (unpaired) electrons. The predicted octanol–water partition coefficient (Wildman–Crippen LogP) is 5.45. The fourth-order valence-corrected chi connectivity index (χ4v) is 5.34. The maximum Gasteiger partial charge on any atom is 0.264 e. The first-order valence-electron chi connectivity index (χ1n) is 11.0. The smallest absolute Gasteiger partial charge is 0.264 e. The van der Waals surface area contributed by atoms with E-state index in [0.29, 0.717) is 11.7 Å². The first-order valence-corrected chi connectivity index (χ1v) is 12.8. The van der Waals surface area contributed by atoms with Gasteiger partial charge in [-0.05, 0) is 48.2 Å². The minimum Gasteiger partial charge on any atom is -0.495 e. The van der Waals surface area contributed by atoms with Gasteiger partial charge in [0.2, 0.25) is 5.91 Å². The van der Waals surface area contributed by atoms with E-state index < -0.39 is 22.5 Å². The number of amides is 1. The highest BCUT2D eigenvalue weighted by Gasteiger charge is 2.28. The molecule has 1 amide bonds. The summed E-state index contributed by atoms with van der Waals surface area (Å²) in [5.41, 5.74) is 1.24. The van der Waals surface area contributed by atoms with Crippen LogP contribution < -0.4 is 14.4 Å². The van der Waals surface area contributed by atoms with Gasteiger partial charge in [0, 0.05) is 0 Å². The number of carbonyl (C=O) groups excluding carboxylic acids is 1. The van der Waals surface area contributed by atoms with E-state index in [-0.39, 0.29) is 21.6 Å². The van der Waals surface area contributed by atoms with Crippen LogP contribution in [0.25, 0.3) is 0 Å². The van der Waals surface area contributed by atoms with Crippen LogP contribution in [0.15, 0.2) is 83.8 Å². The fraction of sp³-hybridized carbons (Fsp3) is 0.269. The Morgan fingerprint density at radius 1 is 1.00 bits per heavy atom. The minimum absolute atomic E-state index is 0.0801. The van der Waals surface area contributed by atoms with Crippen LogP contribution in [-0.4, -0.2) is 28.0 Å². The van der Waals surface area contributed by atoms with Crippen molar-refractivity contribution < 1.29 is 17.9 Å². The monoisotopic (exact) mass is 500 g/mol. The largest absolute Gasteiger partial charge is 0.495 e. The van der Waals surface area contributed by atoms with Gasteiger partial charge in [0.15, 0.2) is 0 Å². The highest BCUT2D eigenvalue weighted by molar-refractivity contribution is 7.92. The lowest BCUT2D eigenvalue weighted by Gasteiger charge is -2.27. The minimum atomic E-state index is -4.04. The lowest BCUT2D eigenvalue weighted by atomic mass is 9.97. The Kier molecular flexibility index (Phi) is 8.58. The third-order valence-electron chi connectivity index (χ3n) is 5.29. The van der Waals surface area contributed by atoms with E-state index in [0.717, 1.165) is 16.3 Å². The van der Waals surface area contributed by atoms with Crippen LogP contribution in [0.2, 0.25) is 5.02 Å². The van der Waals surface area contributed by atoms with Gasteiger partial charge in [-0.1, -0.05) is 74.0 Å². The summed E-state index contributed by atoms with van der Waals surface area (Å²) in [5, 5.41) is 3.27. The Hall–Kier alpha value is -3.03. The molecule has 3 rings (SSSR count). The summed E-state index contributed by atoms with van der Waals surface area (Å²) in [6, 6.07) is 22.1. The van der Waals surface area contributed by atoms with Crippen LogP contribution in [-0.2, 0) is 14.8 Å². The fourth-order valence-electron chi connectivity index (χ4n) is 3.65. The molecule has 0 spiro atoms. The Labute approximate surface area is 206 Å². The van der Waals surface area contributed by atoms with Gasteiger partial charge in [0.25, 0.3) is 10.0 Å². The Morgan fingerprint density at radius 2 is 1.62 bits per heavy atom. The molecule has 0 aliphatic heterocycles. The Morgan fingerprint density at radius 3 is 2.18 bits per heavy atom. The van der Waals surface area contributed by atoms with Crippen molar-refractivity contribution in [1.29, 1.82) is 0 Å². The molecule has 34 heavy (non-hydrogen) atoms. The maximum atomic E-state index is 13.5. The van der Waals surface area contributed by atoms with Crippen molar-refractivity contribution in [2.24, 2.45) is 5.92 Å². The van der Waals surface area contributed by atoms with Gasteiger partial charge < -0.3 is 10.1 Å². The standard InChI is InChI=1S/C26H29ClN2O4S/c1-19(2)16-24(20-10-6-4-7-11-20)28-26(30)18-29(21-14-15-25(33-3)23(27)17-21)34(31,32)22-12-8-5-9-13-22/h4-15,17,19,24H,16,18H2,1-3H3,(H,28,30)/t24-/m0/s1. The van der Waals surface area contributed by atoms with Gasteiger partial charge in [-0.2, -0.15) is 0 Å². The number of hydrogen-bond acceptors (Lipinski definition) is 4. The van der Waals surface area contributed by atoms with Gasteiger partial charge in [-0.25, -0.2) is 8.42 Å². The molecular weight excluding hydrogens is 472 g/mol.